The molecule has 1 amide bonds. The molecule has 3 aromatic rings. The number of cyclic esters (lactones) is 1. The molecule has 184 valence electrons. The smallest absolute Gasteiger partial charge is 0.411 e. The van der Waals surface area contributed by atoms with Gasteiger partial charge >= 0.3 is 12.1 Å². The van der Waals surface area contributed by atoms with Crippen molar-refractivity contribution in [2.24, 2.45) is 0 Å². The second kappa shape index (κ2) is 9.11. The Bertz CT molecular complexity index is 1310. The van der Waals surface area contributed by atoms with Crippen molar-refractivity contribution in [3.63, 3.8) is 0 Å². The van der Waals surface area contributed by atoms with Gasteiger partial charge in [-0.15, -0.1) is 0 Å². The summed E-state index contributed by atoms with van der Waals surface area (Å²) in [6.45, 7) is 2.45. The van der Waals surface area contributed by atoms with Crippen LogP contribution in [0.15, 0.2) is 60.7 Å². The lowest BCUT2D eigenvalue weighted by Gasteiger charge is -2.45. The van der Waals surface area contributed by atoms with E-state index in [9.17, 15) is 9.59 Å². The van der Waals surface area contributed by atoms with Crippen molar-refractivity contribution in [1.29, 1.82) is 0 Å². The van der Waals surface area contributed by atoms with Crippen molar-refractivity contribution >= 4 is 12.1 Å². The predicted molar refractivity (Wildman–Crippen MR) is 128 cm³/mol. The molecule has 0 aliphatic carbocycles. The number of esters is 1. The van der Waals surface area contributed by atoms with E-state index in [2.05, 4.69) is 0 Å². The van der Waals surface area contributed by atoms with Crippen LogP contribution in [-0.4, -0.2) is 36.4 Å². The summed E-state index contributed by atoms with van der Waals surface area (Å²) < 4.78 is 29.1. The molecule has 0 unspecified atom stereocenters. The van der Waals surface area contributed by atoms with E-state index in [4.69, 9.17) is 23.7 Å². The number of benzene rings is 3. The van der Waals surface area contributed by atoms with Crippen molar-refractivity contribution in [2.45, 2.75) is 38.6 Å². The zero-order valence-corrected chi connectivity index (χ0v) is 19.8. The van der Waals surface area contributed by atoms with E-state index >= 15 is 0 Å². The lowest BCUT2D eigenvalue weighted by molar-refractivity contribution is -0.162. The fraction of sp³-hybridized carbons (Fsp3) is 0.286. The Kier molecular flexibility index (Phi) is 5.64. The summed E-state index contributed by atoms with van der Waals surface area (Å²) >= 11 is 0. The normalized spacial score (nSPS) is 19.4. The van der Waals surface area contributed by atoms with Gasteiger partial charge in [0.25, 0.3) is 0 Å². The van der Waals surface area contributed by atoms with Gasteiger partial charge in [0.05, 0.1) is 6.04 Å². The first-order valence-corrected chi connectivity index (χ1v) is 11.9. The van der Waals surface area contributed by atoms with Gasteiger partial charge in [0.1, 0.15) is 31.6 Å². The number of hydrogen-bond donors (Lipinski definition) is 0. The Morgan fingerprint density at radius 1 is 0.917 bits per heavy atom. The minimum atomic E-state index is -0.821. The molecule has 3 heterocycles. The number of carbonyl (C=O) groups is 2. The van der Waals surface area contributed by atoms with E-state index in [0.29, 0.717) is 23.9 Å². The maximum absolute atomic E-state index is 13.3. The van der Waals surface area contributed by atoms with Gasteiger partial charge in [-0.2, -0.15) is 0 Å². The SMILES string of the molecule is Cc1c(OCc2ccccc2)c2c(c3c1OCO3)[C@@H]1COC(=O)[C@H](C2)N1C(=O)OCc1ccccc1. The van der Waals surface area contributed by atoms with Crippen molar-refractivity contribution < 1.29 is 33.3 Å². The number of amides is 1. The molecule has 0 N–H and O–H groups in total. The van der Waals surface area contributed by atoms with E-state index < -0.39 is 24.1 Å². The van der Waals surface area contributed by atoms with Crippen LogP contribution in [0.2, 0.25) is 0 Å². The first-order valence-electron chi connectivity index (χ1n) is 11.9. The lowest BCUT2D eigenvalue weighted by Crippen LogP contribution is -2.57. The summed E-state index contributed by atoms with van der Waals surface area (Å²) in [5.74, 6) is 1.35. The van der Waals surface area contributed by atoms with Crippen molar-refractivity contribution in [3.8, 4) is 17.2 Å². The zero-order valence-electron chi connectivity index (χ0n) is 19.8. The number of fused-ring (bicyclic) bond motifs is 6. The Balaban J connectivity index is 1.37. The third-order valence-corrected chi connectivity index (χ3v) is 6.84. The molecule has 2 bridgehead atoms. The van der Waals surface area contributed by atoms with Crippen LogP contribution in [-0.2, 0) is 33.9 Å². The second-order valence-corrected chi connectivity index (χ2v) is 9.00. The quantitative estimate of drug-likeness (QED) is 0.491. The van der Waals surface area contributed by atoms with Crippen LogP contribution in [0, 0.1) is 6.92 Å². The second-order valence-electron chi connectivity index (χ2n) is 9.00. The van der Waals surface area contributed by atoms with Gasteiger partial charge in [-0.25, -0.2) is 9.59 Å². The number of morpholine rings is 1. The molecule has 8 heteroatoms. The molecule has 8 nitrogen and oxygen atoms in total. The molecule has 3 aliphatic rings. The fourth-order valence-electron chi connectivity index (χ4n) is 5.14. The maximum Gasteiger partial charge on any atom is 0.411 e. The molecule has 0 aromatic heterocycles. The van der Waals surface area contributed by atoms with Crippen LogP contribution >= 0.6 is 0 Å². The van der Waals surface area contributed by atoms with Crippen LogP contribution in [0.25, 0.3) is 0 Å². The molecule has 0 spiro atoms. The molecule has 0 radical (unpaired) electrons. The molecular weight excluding hydrogens is 462 g/mol. The van der Waals surface area contributed by atoms with Crippen molar-refractivity contribution in [2.75, 3.05) is 13.4 Å². The Labute approximate surface area is 208 Å². The van der Waals surface area contributed by atoms with Gasteiger partial charge in [-0.1, -0.05) is 60.7 Å². The summed E-state index contributed by atoms with van der Waals surface area (Å²) in [6, 6.07) is 17.9. The maximum atomic E-state index is 13.3. The Morgan fingerprint density at radius 2 is 1.58 bits per heavy atom. The van der Waals surface area contributed by atoms with Gasteiger partial charge < -0.3 is 23.7 Å². The summed E-state index contributed by atoms with van der Waals surface area (Å²) in [5.41, 5.74) is 4.28. The average molecular weight is 488 g/mol. The molecular formula is C28H25NO7. The number of hydrogen-bond acceptors (Lipinski definition) is 7. The standard InChI is InChI=1S/C28H25NO7/c1-17-24(32-13-18-8-4-2-5-9-18)20-12-21-27(30)33-15-22(23(20)26-25(17)35-16-36-26)29(21)28(31)34-14-19-10-6-3-7-11-19/h2-11,21-22H,12-16H2,1H3/t21-,22-/m0/s1. The molecule has 3 aromatic carbocycles. The largest absolute Gasteiger partial charge is 0.488 e. The first kappa shape index (κ1) is 22.3. The molecule has 1 fully saturated rings. The van der Waals surface area contributed by atoms with Crippen LogP contribution in [0.3, 0.4) is 0 Å². The zero-order chi connectivity index (χ0) is 24.6. The summed E-state index contributed by atoms with van der Waals surface area (Å²) in [6.07, 6.45) is -0.344. The van der Waals surface area contributed by atoms with E-state index in [1.807, 2.05) is 67.6 Å². The van der Waals surface area contributed by atoms with Gasteiger partial charge in [-0.3, -0.25) is 4.90 Å². The van der Waals surface area contributed by atoms with Gasteiger partial charge in [-0.05, 0) is 18.1 Å². The van der Waals surface area contributed by atoms with Crippen LogP contribution in [0.1, 0.15) is 33.9 Å². The Hall–Kier alpha value is -4.20. The monoisotopic (exact) mass is 487 g/mol. The third-order valence-electron chi connectivity index (χ3n) is 6.84. The van der Waals surface area contributed by atoms with Gasteiger partial charge in [0.15, 0.2) is 11.5 Å². The Morgan fingerprint density at radius 3 is 2.31 bits per heavy atom. The minimum absolute atomic E-state index is 0.000242. The number of nitrogens with zero attached hydrogens (tertiary/aromatic N) is 1. The summed E-state index contributed by atoms with van der Waals surface area (Å²) in [4.78, 5) is 27.6. The first-order chi connectivity index (χ1) is 17.6. The van der Waals surface area contributed by atoms with E-state index in [0.717, 1.165) is 27.8 Å². The highest BCUT2D eigenvalue weighted by molar-refractivity contribution is 5.85. The highest BCUT2D eigenvalue weighted by atomic mass is 16.7. The molecule has 36 heavy (non-hydrogen) atoms. The highest BCUT2D eigenvalue weighted by Crippen LogP contribution is 2.53. The number of ether oxygens (including phenoxy) is 5. The van der Waals surface area contributed by atoms with Crippen LogP contribution in [0.4, 0.5) is 4.79 Å². The topological polar surface area (TPSA) is 83.5 Å². The van der Waals surface area contributed by atoms with E-state index in [1.165, 1.54) is 4.90 Å². The third kappa shape index (κ3) is 3.79. The van der Waals surface area contributed by atoms with E-state index in [1.54, 1.807) is 0 Å². The molecule has 2 atom stereocenters. The summed E-state index contributed by atoms with van der Waals surface area (Å²) in [7, 11) is 0. The molecule has 1 saturated heterocycles. The van der Waals surface area contributed by atoms with Crippen molar-refractivity contribution in [1.82, 2.24) is 4.90 Å². The van der Waals surface area contributed by atoms with Crippen molar-refractivity contribution in [3.05, 3.63) is 88.5 Å². The molecule has 6 rings (SSSR count). The average Bonchev–Trinajstić information content (AvgIpc) is 3.40. The molecule has 0 saturated carbocycles. The predicted octanol–water partition coefficient (Wildman–Crippen LogP) is 4.46. The highest BCUT2D eigenvalue weighted by Gasteiger charge is 2.50. The van der Waals surface area contributed by atoms with Crippen LogP contribution in [0.5, 0.6) is 17.2 Å². The van der Waals surface area contributed by atoms with E-state index in [-0.39, 0.29) is 26.4 Å². The minimum Gasteiger partial charge on any atom is -0.488 e. The fourth-order valence-corrected chi connectivity index (χ4v) is 5.14. The van der Waals surface area contributed by atoms with Crippen LogP contribution < -0.4 is 14.2 Å². The van der Waals surface area contributed by atoms with Gasteiger partial charge in [0, 0.05) is 23.1 Å². The summed E-state index contributed by atoms with van der Waals surface area (Å²) in [5, 5.41) is 0. The number of carbonyl (C=O) groups excluding carboxylic acids is 2. The van der Waals surface area contributed by atoms with Gasteiger partial charge in [0.2, 0.25) is 6.79 Å². The lowest BCUT2D eigenvalue weighted by atomic mass is 9.84. The molecule has 3 aliphatic heterocycles. The number of rotatable bonds is 5.